The Bertz CT molecular complexity index is 482. The highest BCUT2D eigenvalue weighted by Gasteiger charge is 2.25. The maximum atomic E-state index is 12.5. The maximum Gasteiger partial charge on any atom is 0.226 e. The van der Waals surface area contributed by atoms with E-state index in [4.69, 9.17) is 0 Å². The molecule has 1 aliphatic rings. The molecule has 1 amide bonds. The summed E-state index contributed by atoms with van der Waals surface area (Å²) < 4.78 is 0. The molecule has 0 radical (unpaired) electrons. The van der Waals surface area contributed by atoms with Crippen molar-refractivity contribution in [3.63, 3.8) is 0 Å². The van der Waals surface area contributed by atoms with Crippen molar-refractivity contribution in [3.8, 4) is 0 Å². The zero-order valence-electron chi connectivity index (χ0n) is 14.6. The Labute approximate surface area is 144 Å². The van der Waals surface area contributed by atoms with Crippen LogP contribution in [0.25, 0.3) is 0 Å². The van der Waals surface area contributed by atoms with Crippen LogP contribution in [0.15, 0.2) is 24.4 Å². The van der Waals surface area contributed by atoms with Crippen LogP contribution in [0.1, 0.15) is 31.9 Å². The fourth-order valence-corrected chi connectivity index (χ4v) is 3.89. The van der Waals surface area contributed by atoms with Crippen LogP contribution < -0.4 is 0 Å². The molecule has 2 rings (SSSR count). The second kappa shape index (κ2) is 9.28. The summed E-state index contributed by atoms with van der Waals surface area (Å²) in [5.41, 5.74) is 1.11. The van der Waals surface area contributed by atoms with E-state index in [0.29, 0.717) is 11.9 Å². The van der Waals surface area contributed by atoms with E-state index in [0.717, 1.165) is 50.3 Å². The van der Waals surface area contributed by atoms with Crippen LogP contribution in [-0.2, 0) is 11.3 Å². The first-order valence-electron chi connectivity index (χ1n) is 8.49. The molecule has 1 saturated heterocycles. The Morgan fingerprint density at radius 3 is 2.96 bits per heavy atom. The molecule has 0 saturated carbocycles. The summed E-state index contributed by atoms with van der Waals surface area (Å²) >= 11 is 1.75. The van der Waals surface area contributed by atoms with Crippen molar-refractivity contribution in [1.29, 1.82) is 0 Å². The largest absolute Gasteiger partial charge is 0.342 e. The van der Waals surface area contributed by atoms with Gasteiger partial charge in [-0.25, -0.2) is 0 Å². The third-order valence-electron chi connectivity index (χ3n) is 4.61. The first-order valence-corrected chi connectivity index (χ1v) is 9.89. The summed E-state index contributed by atoms with van der Waals surface area (Å²) in [6, 6.07) is 6.60. The second-order valence-electron chi connectivity index (χ2n) is 6.50. The number of carbonyl (C=O) groups excluding carboxylic acids is 1. The van der Waals surface area contributed by atoms with Gasteiger partial charge < -0.3 is 4.90 Å². The third kappa shape index (κ3) is 5.50. The summed E-state index contributed by atoms with van der Waals surface area (Å²) in [7, 11) is 2.17. The van der Waals surface area contributed by atoms with E-state index in [1.54, 1.807) is 11.8 Å². The minimum Gasteiger partial charge on any atom is -0.342 e. The summed E-state index contributed by atoms with van der Waals surface area (Å²) in [6.07, 6.45) is 7.22. The van der Waals surface area contributed by atoms with Gasteiger partial charge in [-0.1, -0.05) is 13.0 Å². The number of carbonyl (C=O) groups is 1. The predicted molar refractivity (Wildman–Crippen MR) is 97.5 cm³/mol. The SMILES string of the molecule is CSC[C@@H](C)C(=O)N1CCC[C@H](N(C)Cc2ccccn2)CC1. The smallest absolute Gasteiger partial charge is 0.226 e. The molecule has 0 unspecified atom stereocenters. The lowest BCUT2D eigenvalue weighted by atomic mass is 10.1. The van der Waals surface area contributed by atoms with E-state index in [2.05, 4.69) is 41.1 Å². The van der Waals surface area contributed by atoms with Gasteiger partial charge in [-0.3, -0.25) is 14.7 Å². The molecule has 1 aliphatic heterocycles. The van der Waals surface area contributed by atoms with Gasteiger partial charge in [-0.2, -0.15) is 11.8 Å². The van der Waals surface area contributed by atoms with Gasteiger partial charge in [-0.05, 0) is 44.7 Å². The predicted octanol–water partition coefficient (Wildman–Crippen LogP) is 2.89. The number of hydrogen-bond donors (Lipinski definition) is 0. The van der Waals surface area contributed by atoms with Crippen molar-refractivity contribution in [2.45, 2.75) is 38.8 Å². The molecule has 0 aliphatic carbocycles. The van der Waals surface area contributed by atoms with Crippen LogP contribution in [0.4, 0.5) is 0 Å². The minimum absolute atomic E-state index is 0.132. The van der Waals surface area contributed by atoms with Gasteiger partial charge in [0, 0.05) is 43.5 Å². The van der Waals surface area contributed by atoms with Gasteiger partial charge in [0.15, 0.2) is 0 Å². The molecule has 1 aromatic rings. The number of amides is 1. The molecule has 5 heteroatoms. The van der Waals surface area contributed by atoms with Crippen LogP contribution in [-0.4, -0.2) is 58.9 Å². The Morgan fingerprint density at radius 2 is 2.26 bits per heavy atom. The van der Waals surface area contributed by atoms with Crippen LogP contribution in [0.5, 0.6) is 0 Å². The molecule has 128 valence electrons. The normalized spacial score (nSPS) is 20.3. The van der Waals surface area contributed by atoms with Gasteiger partial charge in [0.25, 0.3) is 0 Å². The average molecular weight is 336 g/mol. The molecular weight excluding hydrogens is 306 g/mol. The van der Waals surface area contributed by atoms with Crippen molar-refractivity contribution >= 4 is 17.7 Å². The van der Waals surface area contributed by atoms with Crippen molar-refractivity contribution in [3.05, 3.63) is 30.1 Å². The quantitative estimate of drug-likeness (QED) is 0.801. The summed E-state index contributed by atoms with van der Waals surface area (Å²) in [5.74, 6) is 1.37. The molecule has 1 aromatic heterocycles. The van der Waals surface area contributed by atoms with E-state index in [-0.39, 0.29) is 5.92 Å². The molecule has 0 spiro atoms. The van der Waals surface area contributed by atoms with E-state index in [1.807, 2.05) is 18.3 Å². The Morgan fingerprint density at radius 1 is 1.43 bits per heavy atom. The highest BCUT2D eigenvalue weighted by molar-refractivity contribution is 7.98. The molecule has 1 fully saturated rings. The van der Waals surface area contributed by atoms with Crippen LogP contribution in [0.2, 0.25) is 0 Å². The zero-order valence-corrected chi connectivity index (χ0v) is 15.4. The van der Waals surface area contributed by atoms with Crippen LogP contribution in [0, 0.1) is 5.92 Å². The summed E-state index contributed by atoms with van der Waals surface area (Å²) in [6.45, 7) is 4.72. The number of thioether (sulfide) groups is 1. The Kier molecular flexibility index (Phi) is 7.37. The highest BCUT2D eigenvalue weighted by atomic mass is 32.2. The molecule has 0 aromatic carbocycles. The van der Waals surface area contributed by atoms with Crippen LogP contribution >= 0.6 is 11.8 Å². The molecule has 0 bridgehead atoms. The fraction of sp³-hybridized carbons (Fsp3) is 0.667. The first kappa shape index (κ1) is 18.3. The van der Waals surface area contributed by atoms with Gasteiger partial charge >= 0.3 is 0 Å². The second-order valence-corrected chi connectivity index (χ2v) is 7.41. The number of rotatable bonds is 6. The monoisotopic (exact) mass is 335 g/mol. The number of aromatic nitrogens is 1. The summed E-state index contributed by atoms with van der Waals surface area (Å²) in [4.78, 5) is 21.4. The van der Waals surface area contributed by atoms with Crippen molar-refractivity contribution in [2.75, 3.05) is 32.1 Å². The standard InChI is InChI=1S/C18H29N3OS/c1-15(14-23-3)18(22)21-11-6-8-17(9-12-21)20(2)13-16-7-4-5-10-19-16/h4-5,7,10,15,17H,6,8-9,11-14H2,1-3H3/t15-,17+/m1/s1. The molecular formula is C18H29N3OS. The van der Waals surface area contributed by atoms with Crippen molar-refractivity contribution in [1.82, 2.24) is 14.8 Å². The number of hydrogen-bond acceptors (Lipinski definition) is 4. The minimum atomic E-state index is 0.132. The van der Waals surface area contributed by atoms with E-state index in [1.165, 1.54) is 0 Å². The Hall–Kier alpha value is -1.07. The van der Waals surface area contributed by atoms with Gasteiger partial charge in [0.05, 0.1) is 5.69 Å². The van der Waals surface area contributed by atoms with E-state index < -0.39 is 0 Å². The molecule has 2 heterocycles. The van der Waals surface area contributed by atoms with Gasteiger partial charge in [0.2, 0.25) is 5.91 Å². The number of likely N-dealkylation sites (tertiary alicyclic amines) is 1. The summed E-state index contributed by atoms with van der Waals surface area (Å²) in [5, 5.41) is 0. The van der Waals surface area contributed by atoms with Gasteiger partial charge in [0.1, 0.15) is 0 Å². The molecule has 0 N–H and O–H groups in total. The Balaban J connectivity index is 1.86. The topological polar surface area (TPSA) is 36.4 Å². The fourth-order valence-electron chi connectivity index (χ4n) is 3.25. The van der Waals surface area contributed by atoms with E-state index >= 15 is 0 Å². The number of nitrogens with zero attached hydrogens (tertiary/aromatic N) is 3. The lowest BCUT2D eigenvalue weighted by molar-refractivity contribution is -0.134. The first-order chi connectivity index (χ1) is 11.1. The third-order valence-corrected chi connectivity index (χ3v) is 5.44. The van der Waals surface area contributed by atoms with Crippen molar-refractivity contribution < 1.29 is 4.79 Å². The molecule has 4 nitrogen and oxygen atoms in total. The lowest BCUT2D eigenvalue weighted by Gasteiger charge is -2.27. The van der Waals surface area contributed by atoms with E-state index in [9.17, 15) is 4.79 Å². The van der Waals surface area contributed by atoms with Gasteiger partial charge in [-0.15, -0.1) is 0 Å². The average Bonchev–Trinajstić information content (AvgIpc) is 2.81. The maximum absolute atomic E-state index is 12.5. The molecule has 23 heavy (non-hydrogen) atoms. The molecule has 2 atom stereocenters. The zero-order chi connectivity index (χ0) is 16.7. The number of pyridine rings is 1. The highest BCUT2D eigenvalue weighted by Crippen LogP contribution is 2.19. The van der Waals surface area contributed by atoms with Crippen molar-refractivity contribution in [2.24, 2.45) is 5.92 Å². The lowest BCUT2D eigenvalue weighted by Crippen LogP contribution is -2.38. The van der Waals surface area contributed by atoms with Crippen LogP contribution in [0.3, 0.4) is 0 Å².